The number of carbonyl (C=O) groups is 2. The monoisotopic (exact) mass is 446 g/mol. The molecule has 2 fully saturated rings. The third kappa shape index (κ3) is 4.65. The summed E-state index contributed by atoms with van der Waals surface area (Å²) in [5.74, 6) is -0.473. The number of likely N-dealkylation sites (tertiary alicyclic amines) is 1. The summed E-state index contributed by atoms with van der Waals surface area (Å²) in [6.45, 7) is 1.15. The predicted octanol–water partition coefficient (Wildman–Crippen LogP) is 4.26. The van der Waals surface area contributed by atoms with E-state index in [4.69, 9.17) is 4.74 Å². The summed E-state index contributed by atoms with van der Waals surface area (Å²) < 4.78 is 43.1. The Kier molecular flexibility index (Phi) is 5.99. The number of esters is 1. The first-order valence-electron chi connectivity index (χ1n) is 10.6. The van der Waals surface area contributed by atoms with Crippen molar-refractivity contribution in [1.29, 1.82) is 0 Å². The van der Waals surface area contributed by atoms with E-state index >= 15 is 0 Å². The second-order valence-corrected chi connectivity index (χ2v) is 8.46. The number of nitrogens with zero attached hydrogens (tertiary/aromatic N) is 1. The number of amides is 1. The van der Waals surface area contributed by atoms with E-state index in [1.807, 2.05) is 17.0 Å². The number of ether oxygens (including phenoxy) is 1. The minimum absolute atomic E-state index is 0.0658. The van der Waals surface area contributed by atoms with E-state index in [1.165, 1.54) is 19.2 Å². The summed E-state index contributed by atoms with van der Waals surface area (Å²) >= 11 is 0. The largest absolute Gasteiger partial charge is 0.465 e. The molecule has 2 aromatic carbocycles. The first-order chi connectivity index (χ1) is 15.2. The first-order valence-corrected chi connectivity index (χ1v) is 10.6. The van der Waals surface area contributed by atoms with Gasteiger partial charge in [0.25, 0.3) is 0 Å². The van der Waals surface area contributed by atoms with Crippen LogP contribution in [0.25, 0.3) is 0 Å². The second-order valence-electron chi connectivity index (χ2n) is 8.46. The molecule has 32 heavy (non-hydrogen) atoms. The van der Waals surface area contributed by atoms with Crippen LogP contribution in [0.1, 0.15) is 52.7 Å². The summed E-state index contributed by atoms with van der Waals surface area (Å²) in [6.07, 6.45) is -1.14. The van der Waals surface area contributed by atoms with E-state index in [0.29, 0.717) is 18.5 Å². The van der Waals surface area contributed by atoms with Crippen molar-refractivity contribution >= 4 is 11.9 Å². The third-order valence-electron chi connectivity index (χ3n) is 6.30. The van der Waals surface area contributed by atoms with Crippen LogP contribution in [0.3, 0.4) is 0 Å². The van der Waals surface area contributed by atoms with E-state index in [1.54, 1.807) is 12.1 Å². The van der Waals surface area contributed by atoms with Gasteiger partial charge >= 0.3 is 12.1 Å². The summed E-state index contributed by atoms with van der Waals surface area (Å²) in [4.78, 5) is 26.8. The van der Waals surface area contributed by atoms with Crippen molar-refractivity contribution in [3.8, 4) is 0 Å². The van der Waals surface area contributed by atoms with Gasteiger partial charge in [-0.05, 0) is 67.6 Å². The number of benzene rings is 2. The van der Waals surface area contributed by atoms with Crippen LogP contribution in [-0.4, -0.2) is 36.5 Å². The van der Waals surface area contributed by atoms with Crippen molar-refractivity contribution in [2.75, 3.05) is 13.7 Å². The van der Waals surface area contributed by atoms with Gasteiger partial charge in [0.2, 0.25) is 5.91 Å². The maximum Gasteiger partial charge on any atom is 0.416 e. The smallest absolute Gasteiger partial charge is 0.416 e. The summed E-state index contributed by atoms with van der Waals surface area (Å²) in [5.41, 5.74) is 1.06. The van der Waals surface area contributed by atoms with Crippen LogP contribution in [0.5, 0.6) is 0 Å². The van der Waals surface area contributed by atoms with Gasteiger partial charge in [-0.25, -0.2) is 4.79 Å². The lowest BCUT2D eigenvalue weighted by Crippen LogP contribution is -2.46. The van der Waals surface area contributed by atoms with Crippen molar-refractivity contribution in [3.63, 3.8) is 0 Å². The summed E-state index contributed by atoms with van der Waals surface area (Å²) in [6, 6.07) is 11.9. The quantitative estimate of drug-likeness (QED) is 0.674. The summed E-state index contributed by atoms with van der Waals surface area (Å²) in [7, 11) is 1.33. The van der Waals surface area contributed by atoms with Crippen LogP contribution in [0.4, 0.5) is 13.2 Å². The number of rotatable bonds is 6. The average Bonchev–Trinajstić information content (AvgIpc) is 3.41. The number of alkyl halides is 3. The van der Waals surface area contributed by atoms with Gasteiger partial charge in [0.1, 0.15) is 0 Å². The molecule has 2 aromatic rings. The molecule has 1 aliphatic carbocycles. The average molecular weight is 446 g/mol. The lowest BCUT2D eigenvalue weighted by atomic mass is 10.0. The van der Waals surface area contributed by atoms with Crippen LogP contribution >= 0.6 is 0 Å². The van der Waals surface area contributed by atoms with Crippen molar-refractivity contribution < 1.29 is 27.5 Å². The van der Waals surface area contributed by atoms with Gasteiger partial charge in [-0.3, -0.25) is 9.69 Å². The Morgan fingerprint density at radius 2 is 1.75 bits per heavy atom. The molecule has 2 aliphatic rings. The topological polar surface area (TPSA) is 58.6 Å². The zero-order chi connectivity index (χ0) is 22.9. The van der Waals surface area contributed by atoms with Gasteiger partial charge in [-0.1, -0.05) is 24.3 Å². The molecule has 5 nitrogen and oxygen atoms in total. The maximum atomic E-state index is 13.1. The molecular formula is C24H25F3N2O3. The zero-order valence-corrected chi connectivity index (χ0v) is 17.7. The normalized spacial score (nSPS) is 20.1. The first kappa shape index (κ1) is 22.3. The predicted molar refractivity (Wildman–Crippen MR) is 112 cm³/mol. The highest BCUT2D eigenvalue weighted by atomic mass is 19.4. The Morgan fingerprint density at radius 1 is 1.09 bits per heavy atom. The Morgan fingerprint density at radius 3 is 2.31 bits per heavy atom. The fraction of sp³-hybridized carbons (Fsp3) is 0.417. The molecule has 0 bridgehead atoms. The Bertz CT molecular complexity index is 983. The van der Waals surface area contributed by atoms with Crippen molar-refractivity contribution in [3.05, 3.63) is 70.8 Å². The van der Waals surface area contributed by atoms with E-state index in [-0.39, 0.29) is 11.9 Å². The van der Waals surface area contributed by atoms with E-state index < -0.39 is 23.2 Å². The highest BCUT2D eigenvalue weighted by molar-refractivity contribution is 5.89. The van der Waals surface area contributed by atoms with Gasteiger partial charge in [-0.15, -0.1) is 0 Å². The molecule has 0 radical (unpaired) electrons. The van der Waals surface area contributed by atoms with Gasteiger partial charge < -0.3 is 10.1 Å². The molecule has 1 aliphatic heterocycles. The van der Waals surface area contributed by atoms with Crippen LogP contribution < -0.4 is 5.32 Å². The lowest BCUT2D eigenvalue weighted by Gasteiger charge is -2.27. The molecule has 1 saturated carbocycles. The number of methoxy groups -OCH3 is 1. The SMILES string of the molecule is COC(=O)c1ccc(C2(NC(=O)C3CCCN3Cc3ccc(C(F)(F)F)cc3)CC2)cc1. The van der Waals surface area contributed by atoms with Crippen molar-refractivity contribution in [2.45, 2.75) is 50.0 Å². The molecule has 0 spiro atoms. The second kappa shape index (κ2) is 8.58. The Labute approximate surface area is 184 Å². The lowest BCUT2D eigenvalue weighted by molar-refractivity contribution is -0.137. The number of carbonyl (C=O) groups excluding carboxylic acids is 2. The van der Waals surface area contributed by atoms with E-state index in [0.717, 1.165) is 49.1 Å². The van der Waals surface area contributed by atoms with Crippen LogP contribution in [-0.2, 0) is 27.8 Å². The molecule has 1 atom stereocenters. The fourth-order valence-electron chi connectivity index (χ4n) is 4.32. The van der Waals surface area contributed by atoms with Crippen LogP contribution in [0.2, 0.25) is 0 Å². The van der Waals surface area contributed by atoms with E-state index in [2.05, 4.69) is 5.32 Å². The minimum Gasteiger partial charge on any atom is -0.465 e. The molecule has 8 heteroatoms. The van der Waals surface area contributed by atoms with E-state index in [9.17, 15) is 22.8 Å². The maximum absolute atomic E-state index is 13.1. The van der Waals surface area contributed by atoms with Crippen LogP contribution in [0, 0.1) is 0 Å². The molecule has 1 saturated heterocycles. The molecule has 1 heterocycles. The Balaban J connectivity index is 1.41. The third-order valence-corrected chi connectivity index (χ3v) is 6.30. The van der Waals surface area contributed by atoms with Crippen LogP contribution in [0.15, 0.2) is 48.5 Å². The standard InChI is InChI=1S/C24H25F3N2O3/c1-32-22(31)17-6-10-18(11-7-17)23(12-13-23)28-21(30)20-3-2-14-29(20)15-16-4-8-19(9-5-16)24(25,26)27/h4-11,20H,2-3,12-15H2,1H3,(H,28,30). The van der Waals surface area contributed by atoms with Gasteiger partial charge in [0.05, 0.1) is 29.8 Å². The Hall–Kier alpha value is -2.87. The number of halogens is 3. The highest BCUT2D eigenvalue weighted by Crippen LogP contribution is 2.46. The number of nitrogens with one attached hydrogen (secondary N) is 1. The minimum atomic E-state index is -4.36. The van der Waals surface area contributed by atoms with Crippen molar-refractivity contribution in [2.24, 2.45) is 0 Å². The molecule has 1 amide bonds. The molecule has 1 unspecified atom stereocenters. The van der Waals surface area contributed by atoms with Gasteiger partial charge in [0, 0.05) is 6.54 Å². The molecular weight excluding hydrogens is 421 g/mol. The number of hydrogen-bond acceptors (Lipinski definition) is 4. The highest BCUT2D eigenvalue weighted by Gasteiger charge is 2.47. The van der Waals surface area contributed by atoms with Gasteiger partial charge in [0.15, 0.2) is 0 Å². The van der Waals surface area contributed by atoms with Crippen molar-refractivity contribution in [1.82, 2.24) is 10.2 Å². The number of hydrogen-bond donors (Lipinski definition) is 1. The zero-order valence-electron chi connectivity index (χ0n) is 17.7. The molecule has 170 valence electrons. The molecule has 1 N–H and O–H groups in total. The fourth-order valence-corrected chi connectivity index (χ4v) is 4.32. The molecule has 0 aromatic heterocycles. The van der Waals surface area contributed by atoms with Gasteiger partial charge in [-0.2, -0.15) is 13.2 Å². The molecule has 4 rings (SSSR count). The summed E-state index contributed by atoms with van der Waals surface area (Å²) in [5, 5.41) is 3.19.